The molecule has 0 aliphatic rings. The van der Waals surface area contributed by atoms with Crippen LogP contribution in [0.15, 0.2) is 0 Å². The first-order valence-corrected chi connectivity index (χ1v) is 13.6. The lowest BCUT2D eigenvalue weighted by molar-refractivity contribution is 0.0800. The monoisotopic (exact) mass is 459 g/mol. The highest BCUT2D eigenvalue weighted by molar-refractivity contribution is 7.44. The van der Waals surface area contributed by atoms with E-state index >= 15 is 0 Å². The van der Waals surface area contributed by atoms with E-state index in [1.165, 1.54) is 0 Å². The summed E-state index contributed by atoms with van der Waals surface area (Å²) in [4.78, 5) is 0. The highest BCUT2D eigenvalue weighted by Gasteiger charge is 2.34. The summed E-state index contributed by atoms with van der Waals surface area (Å²) in [5.74, 6) is 0. The summed E-state index contributed by atoms with van der Waals surface area (Å²) in [5.41, 5.74) is 0.0743. The topological polar surface area (TPSA) is 45.5 Å². The Morgan fingerprint density at radius 1 is 0.839 bits per heavy atom. The molecule has 1 unspecified atom stereocenters. The van der Waals surface area contributed by atoms with Gasteiger partial charge in [-0.25, -0.2) is 4.67 Å². The zero-order valence-corrected chi connectivity index (χ0v) is 21.9. The fourth-order valence-electron chi connectivity index (χ4n) is 4.13. The molecule has 0 aromatic heterocycles. The molecule has 0 aromatic carbocycles. The second-order valence-electron chi connectivity index (χ2n) is 9.25. The van der Waals surface area contributed by atoms with Gasteiger partial charge in [-0.1, -0.05) is 78.5 Å². The number of rotatable bonds is 21. The van der Waals surface area contributed by atoms with E-state index in [-0.39, 0.29) is 17.5 Å². The predicted molar refractivity (Wildman–Crippen MR) is 136 cm³/mol. The lowest BCUT2D eigenvalue weighted by Gasteiger charge is -2.40. The summed E-state index contributed by atoms with van der Waals surface area (Å²) >= 11 is 0. The van der Waals surface area contributed by atoms with Crippen LogP contribution < -0.4 is 0 Å². The Morgan fingerprint density at radius 3 is 1.71 bits per heavy atom. The van der Waals surface area contributed by atoms with Crippen molar-refractivity contribution in [2.75, 3.05) is 13.2 Å². The van der Waals surface area contributed by atoms with Crippen LogP contribution in [0.3, 0.4) is 0 Å². The molecule has 184 valence electrons. The molecule has 1 atom stereocenters. The summed E-state index contributed by atoms with van der Waals surface area (Å²) in [6.07, 6.45) is 13.1. The van der Waals surface area contributed by atoms with Crippen molar-refractivity contribution in [2.45, 2.75) is 144 Å². The van der Waals surface area contributed by atoms with Gasteiger partial charge >= 0.3 is 0 Å². The SMILES string of the molecule is [2H]CCCCCC(CCCCC[2H])(CCCCC[2H])COP(OCCC#N)N(C(C)C)C(C)C. The van der Waals surface area contributed by atoms with E-state index in [4.69, 9.17) is 18.4 Å². The van der Waals surface area contributed by atoms with Crippen LogP contribution in [0.1, 0.15) is 136 Å². The summed E-state index contributed by atoms with van der Waals surface area (Å²) in [6, 6.07) is 2.75. The maximum Gasteiger partial charge on any atom is 0.259 e. The summed E-state index contributed by atoms with van der Waals surface area (Å²) in [5, 5.41) is 9.00. The summed E-state index contributed by atoms with van der Waals surface area (Å²) in [7, 11) is -1.25. The average molecular weight is 460 g/mol. The highest BCUT2D eigenvalue weighted by atomic mass is 31.2. The molecule has 0 fully saturated rings. The van der Waals surface area contributed by atoms with Crippen LogP contribution in [0.4, 0.5) is 0 Å². The fraction of sp³-hybridized carbons (Fsp3) is 0.962. The third-order valence-electron chi connectivity index (χ3n) is 5.76. The van der Waals surface area contributed by atoms with E-state index in [1.807, 2.05) is 0 Å². The zero-order chi connectivity index (χ0) is 25.7. The van der Waals surface area contributed by atoms with Gasteiger partial charge in [-0.3, -0.25) is 0 Å². The van der Waals surface area contributed by atoms with Crippen LogP contribution in [0, 0.1) is 16.7 Å². The lowest BCUT2D eigenvalue weighted by atomic mass is 9.75. The Hall–Kier alpha value is -0.200. The maximum absolute atomic E-state index is 9.00. The van der Waals surface area contributed by atoms with Gasteiger partial charge in [-0.05, 0) is 52.4 Å². The van der Waals surface area contributed by atoms with Crippen LogP contribution in [0.2, 0.25) is 0 Å². The van der Waals surface area contributed by atoms with Crippen LogP contribution in [0.25, 0.3) is 0 Å². The third kappa shape index (κ3) is 13.8. The van der Waals surface area contributed by atoms with E-state index in [0.29, 0.717) is 40.3 Å². The minimum atomic E-state index is -1.25. The number of nitrogens with zero attached hydrogens (tertiary/aromatic N) is 2. The zero-order valence-electron chi connectivity index (χ0n) is 24.0. The first-order valence-electron chi connectivity index (χ1n) is 14.6. The van der Waals surface area contributed by atoms with Crippen molar-refractivity contribution in [3.05, 3.63) is 0 Å². The molecule has 0 saturated carbocycles. The van der Waals surface area contributed by atoms with Gasteiger partial charge in [0.15, 0.2) is 0 Å². The molecule has 0 amide bonds. The predicted octanol–water partition coefficient (Wildman–Crippen LogP) is 9.01. The molecule has 0 bridgehead atoms. The first kappa shape index (κ1) is 25.4. The smallest absolute Gasteiger partial charge is 0.259 e. The Kier molecular flexibility index (Phi) is 15.8. The minimum Gasteiger partial charge on any atom is -0.321 e. The molecule has 0 heterocycles. The number of hydrogen-bond donors (Lipinski definition) is 0. The van der Waals surface area contributed by atoms with E-state index in [0.717, 1.165) is 77.0 Å². The van der Waals surface area contributed by atoms with Crippen molar-refractivity contribution in [3.63, 3.8) is 0 Å². The first-order chi connectivity index (χ1) is 16.4. The van der Waals surface area contributed by atoms with Crippen LogP contribution in [-0.4, -0.2) is 30.0 Å². The van der Waals surface area contributed by atoms with Gasteiger partial charge in [0, 0.05) is 16.2 Å². The molecule has 31 heavy (non-hydrogen) atoms. The van der Waals surface area contributed by atoms with Crippen molar-refractivity contribution in [2.24, 2.45) is 5.41 Å². The Bertz CT molecular complexity index is 468. The van der Waals surface area contributed by atoms with Crippen molar-refractivity contribution >= 4 is 8.53 Å². The summed E-state index contributed by atoms with van der Waals surface area (Å²) < 4.78 is 37.6. The van der Waals surface area contributed by atoms with Crippen LogP contribution in [-0.2, 0) is 9.05 Å². The van der Waals surface area contributed by atoms with Gasteiger partial charge in [0.05, 0.1) is 25.7 Å². The Labute approximate surface area is 200 Å². The molecule has 0 saturated heterocycles. The lowest BCUT2D eigenvalue weighted by Crippen LogP contribution is -2.35. The molecule has 4 nitrogen and oxygen atoms in total. The van der Waals surface area contributed by atoms with Gasteiger partial charge in [0.2, 0.25) is 0 Å². The number of hydrogen-bond acceptors (Lipinski definition) is 4. The average Bonchev–Trinajstić information content (AvgIpc) is 2.80. The van der Waals surface area contributed by atoms with Crippen molar-refractivity contribution in [1.29, 1.82) is 5.26 Å². The molecule has 0 radical (unpaired) electrons. The van der Waals surface area contributed by atoms with Crippen molar-refractivity contribution in [3.8, 4) is 6.07 Å². The minimum absolute atomic E-state index is 0.0743. The Balaban J connectivity index is 5.58. The van der Waals surface area contributed by atoms with E-state index in [2.05, 4.69) is 38.4 Å². The molecule has 0 aliphatic carbocycles. The quantitative estimate of drug-likeness (QED) is 0.127. The summed E-state index contributed by atoms with van der Waals surface area (Å²) in [6.45, 7) is 11.2. The number of unbranched alkanes of at least 4 members (excludes halogenated alkanes) is 6. The largest absolute Gasteiger partial charge is 0.321 e. The van der Waals surface area contributed by atoms with Gasteiger partial charge < -0.3 is 9.05 Å². The van der Waals surface area contributed by atoms with Gasteiger partial charge in [0.25, 0.3) is 8.53 Å². The van der Waals surface area contributed by atoms with Crippen LogP contribution in [0.5, 0.6) is 0 Å². The number of nitriles is 1. The second-order valence-corrected chi connectivity index (χ2v) is 10.7. The van der Waals surface area contributed by atoms with Crippen molar-refractivity contribution in [1.82, 2.24) is 4.67 Å². The molecular weight excluding hydrogens is 403 g/mol. The molecule has 0 spiro atoms. The standard InChI is InChI=1S/C26H53N2O2P/c1-8-11-14-18-26(19-15-12-9-2,20-16-13-10-3)23-30-31(29-22-17-21-27)28(24(4)5)25(6)7/h24-25H,8-20,22-23H2,1-7H3/i1D,2D,3D. The molecule has 0 aromatic rings. The van der Waals surface area contributed by atoms with Gasteiger partial charge in [-0.15, -0.1) is 0 Å². The van der Waals surface area contributed by atoms with E-state index in [1.54, 1.807) is 0 Å². The van der Waals surface area contributed by atoms with Crippen LogP contribution >= 0.6 is 8.53 Å². The van der Waals surface area contributed by atoms with Gasteiger partial charge in [0.1, 0.15) is 0 Å². The maximum atomic E-state index is 9.00. The fourth-order valence-corrected chi connectivity index (χ4v) is 5.85. The third-order valence-corrected chi connectivity index (χ3v) is 7.82. The Morgan fingerprint density at radius 2 is 1.32 bits per heavy atom. The van der Waals surface area contributed by atoms with Crippen molar-refractivity contribution < 1.29 is 13.2 Å². The van der Waals surface area contributed by atoms with Gasteiger partial charge in [-0.2, -0.15) is 5.26 Å². The van der Waals surface area contributed by atoms with E-state index < -0.39 is 8.53 Å². The highest BCUT2D eigenvalue weighted by Crippen LogP contribution is 2.49. The normalized spacial score (nSPS) is 14.6. The molecule has 0 aliphatic heterocycles. The molecule has 0 rings (SSSR count). The second kappa shape index (κ2) is 19.3. The molecule has 5 heteroatoms. The molecular formula is C26H53N2O2P. The molecule has 0 N–H and O–H groups in total. The van der Waals surface area contributed by atoms with E-state index in [9.17, 15) is 0 Å².